The molecule has 6 heteroatoms. The summed E-state index contributed by atoms with van der Waals surface area (Å²) in [7, 11) is 0. The summed E-state index contributed by atoms with van der Waals surface area (Å²) in [4.78, 5) is 15.3. The Morgan fingerprint density at radius 2 is 1.89 bits per heavy atom. The van der Waals surface area contributed by atoms with E-state index in [0.29, 0.717) is 5.69 Å². The maximum absolute atomic E-state index is 13.0. The average Bonchev–Trinajstić information content (AvgIpc) is 3.08. The number of amides is 1. The molecule has 0 spiro atoms. The third-order valence-electron chi connectivity index (χ3n) is 5.23. The van der Waals surface area contributed by atoms with Gasteiger partial charge in [0.1, 0.15) is 0 Å². The second-order valence-corrected chi connectivity index (χ2v) is 7.32. The number of hydrogen-bond donors (Lipinski definition) is 1. The van der Waals surface area contributed by atoms with Gasteiger partial charge in [-0.1, -0.05) is 35.9 Å². The summed E-state index contributed by atoms with van der Waals surface area (Å²) in [5, 5.41) is 8.57. The van der Waals surface area contributed by atoms with Crippen LogP contribution in [0.2, 0.25) is 0 Å². The minimum absolute atomic E-state index is 0.173. The highest BCUT2D eigenvalue weighted by atomic mass is 16.5. The van der Waals surface area contributed by atoms with Crippen molar-refractivity contribution in [2.75, 3.05) is 38.2 Å². The molecule has 1 fully saturated rings. The number of morpholine rings is 1. The van der Waals surface area contributed by atoms with Crippen LogP contribution in [0.4, 0.5) is 5.69 Å². The number of aryl methyl sites for hydroxylation is 2. The number of para-hydroxylation sites is 1. The van der Waals surface area contributed by atoms with Crippen molar-refractivity contribution in [1.82, 2.24) is 14.7 Å². The fourth-order valence-electron chi connectivity index (χ4n) is 3.66. The molecule has 0 aliphatic carbocycles. The van der Waals surface area contributed by atoms with E-state index in [4.69, 9.17) is 4.74 Å². The second kappa shape index (κ2) is 8.12. The smallest absolute Gasteiger partial charge is 0.276 e. The summed E-state index contributed by atoms with van der Waals surface area (Å²) in [5.41, 5.74) is 4.50. The molecule has 1 aliphatic heterocycles. The molecule has 2 heterocycles. The maximum atomic E-state index is 13.0. The van der Waals surface area contributed by atoms with E-state index in [1.807, 2.05) is 54.9 Å². The molecule has 1 saturated heterocycles. The summed E-state index contributed by atoms with van der Waals surface area (Å²) in [6.07, 6.45) is 0. The van der Waals surface area contributed by atoms with E-state index in [1.165, 1.54) is 5.56 Å². The van der Waals surface area contributed by atoms with Gasteiger partial charge >= 0.3 is 0 Å². The van der Waals surface area contributed by atoms with Crippen molar-refractivity contribution in [3.8, 4) is 0 Å². The Morgan fingerprint density at radius 3 is 2.68 bits per heavy atom. The highest BCUT2D eigenvalue weighted by molar-refractivity contribution is 6.11. The number of fused-ring (bicyclic) bond motifs is 1. The van der Waals surface area contributed by atoms with Crippen molar-refractivity contribution in [2.45, 2.75) is 20.4 Å². The summed E-state index contributed by atoms with van der Waals surface area (Å²) in [6, 6.07) is 13.9. The molecule has 3 aromatic rings. The Kier molecular flexibility index (Phi) is 5.41. The second-order valence-electron chi connectivity index (χ2n) is 7.32. The molecule has 0 unspecified atom stereocenters. The van der Waals surface area contributed by atoms with Crippen LogP contribution >= 0.6 is 0 Å². The topological polar surface area (TPSA) is 59.4 Å². The molecule has 1 aromatic heterocycles. The number of carbonyl (C=O) groups excluding carboxylic acids is 1. The van der Waals surface area contributed by atoms with Gasteiger partial charge in [-0.05, 0) is 31.5 Å². The molecular formula is C22H26N4O2. The number of carbonyl (C=O) groups is 1. The third-order valence-corrected chi connectivity index (χ3v) is 5.23. The minimum atomic E-state index is -0.173. The average molecular weight is 378 g/mol. The molecule has 4 rings (SSSR count). The zero-order valence-corrected chi connectivity index (χ0v) is 16.4. The van der Waals surface area contributed by atoms with E-state index in [0.717, 1.165) is 61.5 Å². The molecule has 146 valence electrons. The van der Waals surface area contributed by atoms with Gasteiger partial charge in [0.25, 0.3) is 5.91 Å². The molecule has 6 nitrogen and oxygen atoms in total. The van der Waals surface area contributed by atoms with Gasteiger partial charge in [-0.25, -0.2) is 0 Å². The first kappa shape index (κ1) is 18.7. The Hall–Kier alpha value is -2.70. The standard InChI is InChI=1S/C22H26N4O2/c1-16-7-8-19(17(2)15-16)23-22(27)21-18-5-3-4-6-20(18)26(24-21)10-9-25-11-13-28-14-12-25/h3-8,15H,9-14H2,1-2H3,(H,23,27). The quantitative estimate of drug-likeness (QED) is 0.740. The van der Waals surface area contributed by atoms with Crippen LogP contribution in [0.3, 0.4) is 0 Å². The van der Waals surface area contributed by atoms with Gasteiger partial charge in [0.15, 0.2) is 5.69 Å². The molecule has 0 bridgehead atoms. The Labute approximate surface area is 165 Å². The van der Waals surface area contributed by atoms with E-state index >= 15 is 0 Å². The van der Waals surface area contributed by atoms with Crippen LogP contribution in [0, 0.1) is 13.8 Å². The first-order chi connectivity index (χ1) is 13.6. The van der Waals surface area contributed by atoms with Crippen molar-refractivity contribution >= 4 is 22.5 Å². The van der Waals surface area contributed by atoms with Crippen LogP contribution in [0.15, 0.2) is 42.5 Å². The van der Waals surface area contributed by atoms with Gasteiger partial charge in [-0.15, -0.1) is 0 Å². The largest absolute Gasteiger partial charge is 0.379 e. The first-order valence-electron chi connectivity index (χ1n) is 9.76. The van der Waals surface area contributed by atoms with E-state index < -0.39 is 0 Å². The molecule has 2 aromatic carbocycles. The maximum Gasteiger partial charge on any atom is 0.276 e. The Bertz CT molecular complexity index is 989. The molecule has 28 heavy (non-hydrogen) atoms. The zero-order chi connectivity index (χ0) is 19.5. The van der Waals surface area contributed by atoms with Crippen molar-refractivity contribution in [1.29, 1.82) is 0 Å². The lowest BCUT2D eigenvalue weighted by atomic mass is 10.1. The highest BCUT2D eigenvalue weighted by Gasteiger charge is 2.18. The van der Waals surface area contributed by atoms with Crippen molar-refractivity contribution < 1.29 is 9.53 Å². The number of nitrogens with one attached hydrogen (secondary N) is 1. The predicted octanol–water partition coefficient (Wildman–Crippen LogP) is 3.24. The van der Waals surface area contributed by atoms with Crippen LogP contribution in [0.25, 0.3) is 10.9 Å². The van der Waals surface area contributed by atoms with Crippen LogP contribution < -0.4 is 5.32 Å². The number of hydrogen-bond acceptors (Lipinski definition) is 4. The molecule has 0 saturated carbocycles. The number of benzene rings is 2. The monoisotopic (exact) mass is 378 g/mol. The van der Waals surface area contributed by atoms with Crippen molar-refractivity contribution in [3.05, 3.63) is 59.3 Å². The molecule has 0 atom stereocenters. The van der Waals surface area contributed by atoms with Crippen LogP contribution in [0.1, 0.15) is 21.6 Å². The highest BCUT2D eigenvalue weighted by Crippen LogP contribution is 2.22. The van der Waals surface area contributed by atoms with Gasteiger partial charge in [0.05, 0.1) is 25.3 Å². The molecule has 1 amide bonds. The van der Waals surface area contributed by atoms with E-state index in [1.54, 1.807) is 0 Å². The first-order valence-corrected chi connectivity index (χ1v) is 9.76. The number of nitrogens with zero attached hydrogens (tertiary/aromatic N) is 3. The van der Waals surface area contributed by atoms with Crippen molar-refractivity contribution in [2.24, 2.45) is 0 Å². The fourth-order valence-corrected chi connectivity index (χ4v) is 3.66. The number of ether oxygens (including phenoxy) is 1. The lowest BCUT2D eigenvalue weighted by Gasteiger charge is -2.26. The van der Waals surface area contributed by atoms with Gasteiger partial charge in [-0.3, -0.25) is 14.4 Å². The van der Waals surface area contributed by atoms with Gasteiger partial charge in [0, 0.05) is 30.7 Å². The normalized spacial score (nSPS) is 15.1. The number of rotatable bonds is 5. The zero-order valence-electron chi connectivity index (χ0n) is 16.4. The lowest BCUT2D eigenvalue weighted by molar-refractivity contribution is 0.0361. The van der Waals surface area contributed by atoms with Gasteiger partial charge < -0.3 is 10.1 Å². The summed E-state index contributed by atoms with van der Waals surface area (Å²) < 4.78 is 7.36. The van der Waals surface area contributed by atoms with Crippen LogP contribution in [0.5, 0.6) is 0 Å². The lowest BCUT2D eigenvalue weighted by Crippen LogP contribution is -2.38. The summed E-state index contributed by atoms with van der Waals surface area (Å²) in [5.74, 6) is -0.173. The summed E-state index contributed by atoms with van der Waals surface area (Å²) in [6.45, 7) is 9.14. The summed E-state index contributed by atoms with van der Waals surface area (Å²) >= 11 is 0. The number of anilines is 1. The van der Waals surface area contributed by atoms with Crippen molar-refractivity contribution in [3.63, 3.8) is 0 Å². The van der Waals surface area contributed by atoms with Gasteiger partial charge in [-0.2, -0.15) is 5.10 Å². The third kappa shape index (κ3) is 3.93. The van der Waals surface area contributed by atoms with E-state index in [9.17, 15) is 4.79 Å². The van der Waals surface area contributed by atoms with Crippen LogP contribution in [-0.4, -0.2) is 53.4 Å². The predicted molar refractivity (Wildman–Crippen MR) is 111 cm³/mol. The SMILES string of the molecule is Cc1ccc(NC(=O)c2nn(CCN3CCOCC3)c3ccccc23)c(C)c1. The van der Waals surface area contributed by atoms with E-state index in [-0.39, 0.29) is 5.91 Å². The fraction of sp³-hybridized carbons (Fsp3) is 0.364. The molecule has 0 radical (unpaired) electrons. The molecule has 1 aliphatic rings. The number of aromatic nitrogens is 2. The van der Waals surface area contributed by atoms with Crippen LogP contribution in [-0.2, 0) is 11.3 Å². The molecule has 1 N–H and O–H groups in total. The minimum Gasteiger partial charge on any atom is -0.379 e. The van der Waals surface area contributed by atoms with Gasteiger partial charge in [0.2, 0.25) is 0 Å². The Morgan fingerprint density at radius 1 is 1.11 bits per heavy atom. The van der Waals surface area contributed by atoms with E-state index in [2.05, 4.69) is 21.4 Å². The Balaban J connectivity index is 1.57. The molecular weight excluding hydrogens is 352 g/mol.